The van der Waals surface area contributed by atoms with Crippen molar-refractivity contribution in [3.8, 4) is 23.0 Å². The third-order valence-corrected chi connectivity index (χ3v) is 6.05. The summed E-state index contributed by atoms with van der Waals surface area (Å²) in [6, 6.07) is 6.79. The Morgan fingerprint density at radius 3 is 2.82 bits per heavy atom. The lowest BCUT2D eigenvalue weighted by atomic mass is 10.1. The van der Waals surface area contributed by atoms with Crippen molar-refractivity contribution in [2.24, 2.45) is 0 Å². The molecule has 8 nitrogen and oxygen atoms in total. The number of rotatable bonds is 2. The van der Waals surface area contributed by atoms with Crippen LogP contribution in [0.15, 0.2) is 49.3 Å². The first-order valence-electron chi connectivity index (χ1n) is 11.1. The zero-order chi connectivity index (χ0) is 22.2. The Morgan fingerprint density at radius 1 is 1.06 bits per heavy atom. The van der Waals surface area contributed by atoms with Gasteiger partial charge in [0.1, 0.15) is 17.0 Å². The van der Waals surface area contributed by atoms with Gasteiger partial charge in [0, 0.05) is 36.7 Å². The molecule has 0 amide bonds. The van der Waals surface area contributed by atoms with Gasteiger partial charge in [0.2, 0.25) is 0 Å². The molecule has 1 unspecified atom stereocenters. The topological polar surface area (TPSA) is 97.2 Å². The minimum absolute atomic E-state index is 0.425. The maximum atomic E-state index is 4.78. The number of piperidine rings is 1. The summed E-state index contributed by atoms with van der Waals surface area (Å²) in [7, 11) is 0. The minimum atomic E-state index is 0.425. The average Bonchev–Trinajstić information content (AvgIpc) is 3.48. The number of benzene rings is 1. The number of nitrogens with zero attached hydrogens (tertiary/aromatic N) is 6. The van der Waals surface area contributed by atoms with Crippen LogP contribution in [0, 0.1) is 18.8 Å². The third-order valence-electron chi connectivity index (χ3n) is 6.05. The molecule has 0 spiro atoms. The molecule has 1 fully saturated rings. The number of aromatic nitrogens is 7. The summed E-state index contributed by atoms with van der Waals surface area (Å²) in [5.41, 5.74) is 7.09. The van der Waals surface area contributed by atoms with Crippen molar-refractivity contribution in [1.82, 2.24) is 39.8 Å². The molecule has 2 N–H and O–H groups in total. The highest BCUT2D eigenvalue weighted by Gasteiger charge is 2.18. The Bertz CT molecular complexity index is 1510. The van der Waals surface area contributed by atoms with Crippen LogP contribution in [0.25, 0.3) is 33.3 Å². The number of aromatic amines is 1. The van der Waals surface area contributed by atoms with Crippen LogP contribution in [0.3, 0.4) is 0 Å². The minimum Gasteiger partial charge on any atom is -0.344 e. The fourth-order valence-corrected chi connectivity index (χ4v) is 4.32. The molecule has 1 saturated heterocycles. The van der Waals surface area contributed by atoms with E-state index in [0.29, 0.717) is 11.7 Å². The Hall–Kier alpha value is -4.09. The first-order chi connectivity index (χ1) is 16.2. The van der Waals surface area contributed by atoms with Crippen molar-refractivity contribution in [2.45, 2.75) is 25.8 Å². The largest absolute Gasteiger partial charge is 0.344 e. The molecular weight excluding hydrogens is 412 g/mol. The summed E-state index contributed by atoms with van der Waals surface area (Å²) in [6.45, 7) is 3.91. The summed E-state index contributed by atoms with van der Waals surface area (Å²) in [5.74, 6) is 6.86. The highest BCUT2D eigenvalue weighted by atomic mass is 15.1. The van der Waals surface area contributed by atoms with Crippen molar-refractivity contribution in [1.29, 1.82) is 0 Å². The number of imidazole rings is 1. The molecule has 1 atom stereocenters. The molecule has 0 aliphatic carbocycles. The SMILES string of the molecule is Cc1ncc(C#Cc2cnc3[nH]cc(-c4ccc5ncn(C6CCCNC6)c5c4)c3n2)cn1. The van der Waals surface area contributed by atoms with Crippen molar-refractivity contribution in [3.05, 3.63) is 66.4 Å². The third kappa shape index (κ3) is 3.73. The van der Waals surface area contributed by atoms with Gasteiger partial charge in [-0.15, -0.1) is 0 Å². The van der Waals surface area contributed by atoms with Gasteiger partial charge in [0.15, 0.2) is 5.65 Å². The molecule has 8 heteroatoms. The fourth-order valence-electron chi connectivity index (χ4n) is 4.32. The lowest BCUT2D eigenvalue weighted by Gasteiger charge is -2.24. The molecule has 1 aliphatic heterocycles. The van der Waals surface area contributed by atoms with Crippen LogP contribution >= 0.6 is 0 Å². The number of hydrogen-bond acceptors (Lipinski definition) is 6. The van der Waals surface area contributed by atoms with Crippen LogP contribution in [0.1, 0.15) is 36.0 Å². The van der Waals surface area contributed by atoms with Crippen LogP contribution in [0.2, 0.25) is 0 Å². The van der Waals surface area contributed by atoms with E-state index >= 15 is 0 Å². The second-order valence-corrected chi connectivity index (χ2v) is 8.28. The Balaban J connectivity index is 1.38. The van der Waals surface area contributed by atoms with Gasteiger partial charge >= 0.3 is 0 Å². The first kappa shape index (κ1) is 19.6. The van der Waals surface area contributed by atoms with Gasteiger partial charge in [0.05, 0.1) is 29.1 Å². The molecule has 1 aromatic carbocycles. The number of fused-ring (bicyclic) bond motifs is 2. The van der Waals surface area contributed by atoms with Gasteiger partial charge < -0.3 is 14.9 Å². The number of H-pyrrole nitrogens is 1. The molecule has 0 saturated carbocycles. The molecule has 33 heavy (non-hydrogen) atoms. The van der Waals surface area contributed by atoms with E-state index in [0.717, 1.165) is 64.2 Å². The maximum absolute atomic E-state index is 4.78. The Morgan fingerprint density at radius 2 is 1.97 bits per heavy atom. The summed E-state index contributed by atoms with van der Waals surface area (Å²) in [6.07, 6.45) is 11.4. The van der Waals surface area contributed by atoms with E-state index in [1.807, 2.05) is 19.4 Å². The van der Waals surface area contributed by atoms with Crippen molar-refractivity contribution < 1.29 is 0 Å². The quantitative estimate of drug-likeness (QED) is 0.414. The fraction of sp³-hybridized carbons (Fsp3) is 0.240. The van der Waals surface area contributed by atoms with E-state index < -0.39 is 0 Å². The standard InChI is InChI=1S/C25H22N8/c1-16-27-10-17(11-28-16)4-6-19-12-29-25-24(32-19)21(14-30-25)18-5-7-22-23(9-18)33(15-31-22)20-3-2-8-26-13-20/h5,7,9-12,14-15,20,26H,2-3,8,13H2,1H3,(H,29,30). The molecule has 1 aliphatic rings. The Kier molecular flexibility index (Phi) is 4.82. The zero-order valence-corrected chi connectivity index (χ0v) is 18.2. The van der Waals surface area contributed by atoms with E-state index in [1.165, 1.54) is 6.42 Å². The van der Waals surface area contributed by atoms with E-state index in [-0.39, 0.29) is 0 Å². The first-order valence-corrected chi connectivity index (χ1v) is 11.1. The maximum Gasteiger partial charge on any atom is 0.156 e. The van der Waals surface area contributed by atoms with Gasteiger partial charge in [0.25, 0.3) is 0 Å². The van der Waals surface area contributed by atoms with E-state index in [1.54, 1.807) is 18.6 Å². The predicted molar refractivity (Wildman–Crippen MR) is 127 cm³/mol. The molecule has 5 aromatic rings. The van der Waals surface area contributed by atoms with Gasteiger partial charge in [-0.1, -0.05) is 12.0 Å². The van der Waals surface area contributed by atoms with E-state index in [4.69, 9.17) is 4.98 Å². The number of aryl methyl sites for hydroxylation is 1. The normalized spacial score (nSPS) is 16.1. The predicted octanol–water partition coefficient (Wildman–Crippen LogP) is 3.40. The number of hydrogen-bond donors (Lipinski definition) is 2. The van der Waals surface area contributed by atoms with Gasteiger partial charge in [-0.2, -0.15) is 0 Å². The zero-order valence-electron chi connectivity index (χ0n) is 18.2. The molecule has 0 radical (unpaired) electrons. The van der Waals surface area contributed by atoms with Gasteiger partial charge in [-0.05, 0) is 49.9 Å². The van der Waals surface area contributed by atoms with E-state index in [2.05, 4.69) is 64.8 Å². The summed E-state index contributed by atoms with van der Waals surface area (Å²) < 4.78 is 2.30. The monoisotopic (exact) mass is 434 g/mol. The molecule has 5 heterocycles. The van der Waals surface area contributed by atoms with Crippen LogP contribution in [-0.2, 0) is 0 Å². The highest BCUT2D eigenvalue weighted by molar-refractivity contribution is 5.93. The van der Waals surface area contributed by atoms with E-state index in [9.17, 15) is 0 Å². The smallest absolute Gasteiger partial charge is 0.156 e. The van der Waals surface area contributed by atoms with Gasteiger partial charge in [-0.3, -0.25) is 0 Å². The van der Waals surface area contributed by atoms with Crippen molar-refractivity contribution in [3.63, 3.8) is 0 Å². The van der Waals surface area contributed by atoms with Crippen LogP contribution in [0.5, 0.6) is 0 Å². The molecule has 0 bridgehead atoms. The molecule has 6 rings (SSSR count). The lowest BCUT2D eigenvalue weighted by molar-refractivity contribution is 0.378. The van der Waals surface area contributed by atoms with Crippen LogP contribution < -0.4 is 5.32 Å². The van der Waals surface area contributed by atoms with Crippen molar-refractivity contribution >= 4 is 22.2 Å². The summed E-state index contributed by atoms with van der Waals surface area (Å²) in [4.78, 5) is 25.5. The van der Waals surface area contributed by atoms with Crippen LogP contribution in [-0.4, -0.2) is 47.6 Å². The Labute approximate surface area is 190 Å². The van der Waals surface area contributed by atoms with Crippen LogP contribution in [0.4, 0.5) is 0 Å². The van der Waals surface area contributed by atoms with Crippen molar-refractivity contribution in [2.75, 3.05) is 13.1 Å². The second kappa shape index (κ2) is 8.11. The molecule has 4 aromatic heterocycles. The number of nitrogens with one attached hydrogen (secondary N) is 2. The highest BCUT2D eigenvalue weighted by Crippen LogP contribution is 2.30. The average molecular weight is 435 g/mol. The van der Waals surface area contributed by atoms with Gasteiger partial charge in [-0.25, -0.2) is 24.9 Å². The molecule has 162 valence electrons. The lowest BCUT2D eigenvalue weighted by Crippen LogP contribution is -2.31. The second-order valence-electron chi connectivity index (χ2n) is 8.28. The molecular formula is C25H22N8. The summed E-state index contributed by atoms with van der Waals surface area (Å²) in [5, 5.41) is 3.49. The summed E-state index contributed by atoms with van der Waals surface area (Å²) >= 11 is 0.